The number of amidine groups is 1. The Kier molecular flexibility index (Phi) is 7.53. The first kappa shape index (κ1) is 25.6. The minimum atomic E-state index is -6.47. The fraction of sp³-hybridized carbons (Fsp3) is 0.500. The number of benzene rings is 1. The van der Waals surface area contributed by atoms with Crippen molar-refractivity contribution in [3.05, 3.63) is 24.3 Å². The highest BCUT2D eigenvalue weighted by Gasteiger charge is 2.73. The summed E-state index contributed by atoms with van der Waals surface area (Å²) < 4.78 is 96.5. The van der Waals surface area contributed by atoms with Gasteiger partial charge in [0.2, 0.25) is 5.91 Å². The Bertz CT molecular complexity index is 937. The molecule has 6 nitrogen and oxygen atoms in total. The van der Waals surface area contributed by atoms with Gasteiger partial charge in [0.15, 0.2) is 5.17 Å². The second kappa shape index (κ2) is 9.70. The maximum absolute atomic E-state index is 13.8. The average Bonchev–Trinajstić information content (AvgIpc) is 3.09. The van der Waals surface area contributed by atoms with Gasteiger partial charge in [0.25, 0.3) is 5.91 Å². The first-order chi connectivity index (χ1) is 15.3. The summed E-state index contributed by atoms with van der Waals surface area (Å²) in [5.41, 5.74) is -0.394. The van der Waals surface area contributed by atoms with Gasteiger partial charge >= 0.3 is 17.4 Å². The Labute approximate surface area is 191 Å². The normalized spacial score (nSPS) is 20.1. The lowest BCUT2D eigenvalue weighted by Crippen LogP contribution is -2.49. The van der Waals surface area contributed by atoms with Crippen LogP contribution in [0.5, 0.6) is 0 Å². The summed E-state index contributed by atoms with van der Waals surface area (Å²) in [6, 6.07) is 4.35. The van der Waals surface area contributed by atoms with E-state index in [1.54, 1.807) is 0 Å². The van der Waals surface area contributed by atoms with Gasteiger partial charge in [0.05, 0.1) is 18.9 Å². The standard InChI is InChI=1S/C18H16F7N3O3S2/c19-16(20,17(21,22)23)18(24,25)33-11-4-2-1-3-10(11)26-13(29)9-12-14(30)27-15(32-12)28-5-7-31-8-6-28/h1-4,12H,5-9H2,(H,26,29). The molecule has 1 atom stereocenters. The van der Waals surface area contributed by atoms with Crippen LogP contribution in [0, 0.1) is 0 Å². The highest BCUT2D eigenvalue weighted by atomic mass is 32.2. The molecule has 1 unspecified atom stereocenters. The topological polar surface area (TPSA) is 71.0 Å². The molecule has 0 aromatic heterocycles. The number of carbonyl (C=O) groups excluding carboxylic acids is 2. The summed E-state index contributed by atoms with van der Waals surface area (Å²) >= 11 is 0.0245. The third-order valence-corrected chi connectivity index (χ3v) is 6.80. The maximum atomic E-state index is 13.8. The van der Waals surface area contributed by atoms with Gasteiger partial charge in [-0.2, -0.15) is 35.7 Å². The third-order valence-electron chi connectivity index (χ3n) is 4.50. The lowest BCUT2D eigenvalue weighted by molar-refractivity contribution is -0.330. The van der Waals surface area contributed by atoms with Crippen molar-refractivity contribution in [1.82, 2.24) is 4.90 Å². The molecule has 2 heterocycles. The smallest absolute Gasteiger partial charge is 0.378 e. The molecule has 1 aromatic rings. The summed E-state index contributed by atoms with van der Waals surface area (Å²) in [4.78, 5) is 29.5. The summed E-state index contributed by atoms with van der Waals surface area (Å²) in [6.45, 7) is 1.93. The van der Waals surface area contributed by atoms with E-state index in [9.17, 15) is 40.3 Å². The molecule has 1 fully saturated rings. The number of carbonyl (C=O) groups is 2. The van der Waals surface area contributed by atoms with Crippen LogP contribution < -0.4 is 5.32 Å². The van der Waals surface area contributed by atoms with Crippen molar-refractivity contribution in [3.8, 4) is 0 Å². The van der Waals surface area contributed by atoms with E-state index in [1.807, 2.05) is 4.90 Å². The van der Waals surface area contributed by atoms with Gasteiger partial charge in [-0.25, -0.2) is 0 Å². The van der Waals surface area contributed by atoms with E-state index in [1.165, 1.54) is 6.07 Å². The fourth-order valence-electron chi connectivity index (χ4n) is 2.79. The van der Waals surface area contributed by atoms with E-state index >= 15 is 0 Å². The summed E-state index contributed by atoms with van der Waals surface area (Å²) in [5.74, 6) is -7.70. The van der Waals surface area contributed by atoms with Crippen molar-refractivity contribution in [2.75, 3.05) is 31.6 Å². The SMILES string of the molecule is O=C(CC1SC(N2CCOCC2)=NC1=O)Nc1ccccc1SC(F)(F)C(F)(F)C(F)(F)F. The molecule has 33 heavy (non-hydrogen) atoms. The number of morpholine rings is 1. The third kappa shape index (κ3) is 5.74. The van der Waals surface area contributed by atoms with Crippen LogP contribution in [0.1, 0.15) is 6.42 Å². The molecule has 2 amide bonds. The number of nitrogens with zero attached hydrogens (tertiary/aromatic N) is 2. The van der Waals surface area contributed by atoms with Gasteiger partial charge in [-0.05, 0) is 23.9 Å². The number of hydrogen-bond acceptors (Lipinski definition) is 6. The number of alkyl halides is 7. The zero-order chi connectivity index (χ0) is 24.4. The van der Waals surface area contributed by atoms with E-state index in [0.717, 1.165) is 30.0 Å². The number of nitrogens with one attached hydrogen (secondary N) is 1. The molecule has 0 spiro atoms. The highest BCUT2D eigenvalue weighted by Crippen LogP contribution is 2.54. The highest BCUT2D eigenvalue weighted by molar-refractivity contribution is 8.15. The van der Waals surface area contributed by atoms with E-state index in [-0.39, 0.29) is 0 Å². The molecule has 1 saturated heterocycles. The molecule has 15 heteroatoms. The zero-order valence-electron chi connectivity index (χ0n) is 16.5. The monoisotopic (exact) mass is 519 g/mol. The molecule has 0 bridgehead atoms. The van der Waals surface area contributed by atoms with Crippen LogP contribution in [-0.4, -0.2) is 70.8 Å². The lowest BCUT2D eigenvalue weighted by Gasteiger charge is -2.28. The number of rotatable bonds is 6. The predicted molar refractivity (Wildman–Crippen MR) is 108 cm³/mol. The van der Waals surface area contributed by atoms with Gasteiger partial charge in [0.1, 0.15) is 5.25 Å². The van der Waals surface area contributed by atoms with Gasteiger partial charge < -0.3 is 15.0 Å². The number of halogens is 7. The average molecular weight is 519 g/mol. The van der Waals surface area contributed by atoms with E-state index in [2.05, 4.69) is 10.3 Å². The van der Waals surface area contributed by atoms with Crippen molar-refractivity contribution in [3.63, 3.8) is 0 Å². The van der Waals surface area contributed by atoms with Crippen LogP contribution in [0.2, 0.25) is 0 Å². The zero-order valence-corrected chi connectivity index (χ0v) is 18.1. The van der Waals surface area contributed by atoms with Crippen LogP contribution in [0.4, 0.5) is 36.4 Å². The molecule has 182 valence electrons. The number of hydrogen-bond donors (Lipinski definition) is 1. The predicted octanol–water partition coefficient (Wildman–Crippen LogP) is 4.23. The lowest BCUT2D eigenvalue weighted by atomic mass is 10.2. The molecule has 2 aliphatic heterocycles. The molecule has 1 N–H and O–H groups in total. The van der Waals surface area contributed by atoms with Crippen LogP contribution in [-0.2, 0) is 14.3 Å². The minimum absolute atomic E-state index is 0.394. The van der Waals surface area contributed by atoms with Gasteiger partial charge in [-0.3, -0.25) is 9.59 Å². The fourth-order valence-corrected chi connectivity index (χ4v) is 4.81. The number of ether oxygens (including phenoxy) is 1. The van der Waals surface area contributed by atoms with Crippen molar-refractivity contribution in [2.45, 2.75) is 33.9 Å². The summed E-state index contributed by atoms with van der Waals surface area (Å²) in [6.07, 6.45) is -6.88. The second-order valence-corrected chi connectivity index (χ2v) is 9.20. The first-order valence-corrected chi connectivity index (χ1v) is 11.0. The molecular weight excluding hydrogens is 503 g/mol. The quantitative estimate of drug-likeness (QED) is 0.448. The van der Waals surface area contributed by atoms with Crippen LogP contribution >= 0.6 is 23.5 Å². The van der Waals surface area contributed by atoms with E-state index < -0.39 is 63.2 Å². The second-order valence-electron chi connectivity index (χ2n) is 6.88. The van der Waals surface area contributed by atoms with Crippen molar-refractivity contribution in [1.29, 1.82) is 0 Å². The van der Waals surface area contributed by atoms with E-state index in [0.29, 0.717) is 31.5 Å². The van der Waals surface area contributed by atoms with Gasteiger partial charge in [-0.1, -0.05) is 23.9 Å². The number of para-hydroxylation sites is 1. The minimum Gasteiger partial charge on any atom is -0.378 e. The van der Waals surface area contributed by atoms with Crippen LogP contribution in [0.3, 0.4) is 0 Å². The Morgan fingerprint density at radius 1 is 1.15 bits per heavy atom. The Morgan fingerprint density at radius 3 is 2.42 bits per heavy atom. The number of amides is 2. The number of aliphatic imine (C=N–C) groups is 1. The number of anilines is 1. The Morgan fingerprint density at radius 2 is 1.79 bits per heavy atom. The molecule has 0 aliphatic carbocycles. The Balaban J connectivity index is 1.65. The summed E-state index contributed by atoms with van der Waals surface area (Å²) in [5, 5.41) is -3.81. The Hall–Kier alpha value is -2.00. The van der Waals surface area contributed by atoms with Crippen molar-refractivity contribution < 1.29 is 45.1 Å². The van der Waals surface area contributed by atoms with Gasteiger partial charge in [0, 0.05) is 24.4 Å². The van der Waals surface area contributed by atoms with Gasteiger partial charge in [-0.15, -0.1) is 0 Å². The molecule has 1 aromatic carbocycles. The van der Waals surface area contributed by atoms with Crippen LogP contribution in [0.25, 0.3) is 0 Å². The first-order valence-electron chi connectivity index (χ1n) is 9.34. The van der Waals surface area contributed by atoms with Crippen molar-refractivity contribution >= 4 is 46.2 Å². The van der Waals surface area contributed by atoms with Crippen LogP contribution in [0.15, 0.2) is 34.2 Å². The number of thioether (sulfide) groups is 2. The molecule has 2 aliphatic rings. The summed E-state index contributed by atoms with van der Waals surface area (Å²) in [7, 11) is 0. The molecule has 3 rings (SSSR count). The maximum Gasteiger partial charge on any atom is 0.460 e. The van der Waals surface area contributed by atoms with E-state index in [4.69, 9.17) is 4.74 Å². The van der Waals surface area contributed by atoms with Crippen molar-refractivity contribution in [2.24, 2.45) is 4.99 Å². The largest absolute Gasteiger partial charge is 0.460 e. The molecule has 0 saturated carbocycles. The molecule has 0 radical (unpaired) electrons. The molecular formula is C18H16F7N3O3S2.